The van der Waals surface area contributed by atoms with Crippen LogP contribution in [0.25, 0.3) is 5.57 Å². The van der Waals surface area contributed by atoms with Crippen molar-refractivity contribution in [3.63, 3.8) is 0 Å². The van der Waals surface area contributed by atoms with E-state index in [9.17, 15) is 4.79 Å². The fourth-order valence-corrected chi connectivity index (χ4v) is 3.04. The summed E-state index contributed by atoms with van der Waals surface area (Å²) in [7, 11) is 0. The van der Waals surface area contributed by atoms with Crippen molar-refractivity contribution in [3.05, 3.63) is 46.1 Å². The minimum atomic E-state index is 0.0514. The predicted molar refractivity (Wildman–Crippen MR) is 68.3 cm³/mol. The molecule has 0 N–H and O–H groups in total. The highest BCUT2D eigenvalue weighted by atomic mass is 32.2. The maximum atomic E-state index is 12.3. The van der Waals surface area contributed by atoms with Gasteiger partial charge in [0.15, 0.2) is 0 Å². The van der Waals surface area contributed by atoms with Crippen molar-refractivity contribution in [2.75, 3.05) is 0 Å². The number of carbonyl (C=O) groups is 1. The molecule has 0 bridgehead atoms. The molecule has 0 saturated carbocycles. The molecule has 4 nitrogen and oxygen atoms in total. The van der Waals surface area contributed by atoms with Crippen molar-refractivity contribution in [2.45, 2.75) is 18.7 Å². The number of hydrogen-bond donors (Lipinski definition) is 0. The fourth-order valence-electron chi connectivity index (χ4n) is 1.95. The number of allylic oxidation sites excluding steroid dienone is 2. The van der Waals surface area contributed by atoms with E-state index in [0.717, 1.165) is 16.0 Å². The Morgan fingerprint density at radius 1 is 1.28 bits per heavy atom. The second kappa shape index (κ2) is 4.10. The van der Waals surface area contributed by atoms with Crippen LogP contribution in [0.3, 0.4) is 0 Å². The number of thioether (sulfide) groups is 1. The van der Waals surface area contributed by atoms with Crippen molar-refractivity contribution in [3.8, 4) is 0 Å². The number of aryl methyl sites for hydroxylation is 1. The summed E-state index contributed by atoms with van der Waals surface area (Å²) in [6, 6.07) is 7.60. The summed E-state index contributed by atoms with van der Waals surface area (Å²) < 4.78 is 4.68. The summed E-state index contributed by atoms with van der Waals surface area (Å²) in [6.07, 6.45) is 0. The minimum absolute atomic E-state index is 0.0514. The van der Waals surface area contributed by atoms with Crippen LogP contribution in [0.4, 0.5) is 0 Å². The van der Waals surface area contributed by atoms with Gasteiger partial charge in [-0.1, -0.05) is 29.1 Å². The molecule has 3 rings (SSSR count). The molecule has 1 aliphatic rings. The molecule has 0 spiro atoms. The van der Waals surface area contributed by atoms with Gasteiger partial charge in [-0.3, -0.25) is 4.79 Å². The van der Waals surface area contributed by atoms with E-state index in [1.807, 2.05) is 38.1 Å². The Bertz CT molecular complexity index is 673. The predicted octanol–water partition coefficient (Wildman–Crippen LogP) is 3.10. The second-order valence-corrected chi connectivity index (χ2v) is 5.13. The van der Waals surface area contributed by atoms with Gasteiger partial charge in [0.2, 0.25) is 5.78 Å². The Balaban J connectivity index is 2.11. The molecular formula is C13H10N2O2S. The Morgan fingerprint density at radius 3 is 2.72 bits per heavy atom. The third kappa shape index (κ3) is 1.59. The van der Waals surface area contributed by atoms with Crippen molar-refractivity contribution in [2.24, 2.45) is 0 Å². The fraction of sp³-hybridized carbons (Fsp3) is 0.154. The van der Waals surface area contributed by atoms with Gasteiger partial charge < -0.3 is 0 Å². The van der Waals surface area contributed by atoms with Crippen molar-refractivity contribution in [1.29, 1.82) is 0 Å². The van der Waals surface area contributed by atoms with Crippen LogP contribution < -0.4 is 0 Å². The lowest BCUT2D eigenvalue weighted by atomic mass is 10.1. The average Bonchev–Trinajstić information content (AvgIpc) is 2.94. The highest BCUT2D eigenvalue weighted by Gasteiger charge is 2.28. The summed E-state index contributed by atoms with van der Waals surface area (Å²) in [5, 5.41) is 7.59. The maximum absolute atomic E-state index is 12.3. The van der Waals surface area contributed by atoms with Gasteiger partial charge in [-0.2, -0.15) is 0 Å². The van der Waals surface area contributed by atoms with Crippen LogP contribution >= 0.6 is 11.8 Å². The van der Waals surface area contributed by atoms with E-state index in [1.165, 1.54) is 11.8 Å². The molecule has 2 heterocycles. The van der Waals surface area contributed by atoms with Gasteiger partial charge in [-0.25, -0.2) is 4.63 Å². The zero-order valence-corrected chi connectivity index (χ0v) is 10.7. The topological polar surface area (TPSA) is 56.0 Å². The van der Waals surface area contributed by atoms with Gasteiger partial charge in [-0.15, -0.1) is 0 Å². The first-order valence-electron chi connectivity index (χ1n) is 5.50. The Kier molecular flexibility index (Phi) is 2.56. The molecule has 0 saturated heterocycles. The minimum Gasteiger partial charge on any atom is -0.288 e. The van der Waals surface area contributed by atoms with E-state index >= 15 is 0 Å². The summed E-state index contributed by atoms with van der Waals surface area (Å²) in [6.45, 7) is 3.69. The van der Waals surface area contributed by atoms with E-state index in [2.05, 4.69) is 14.9 Å². The quantitative estimate of drug-likeness (QED) is 0.736. The first-order chi connectivity index (χ1) is 8.68. The lowest BCUT2D eigenvalue weighted by molar-refractivity contribution is 0.104. The molecule has 18 heavy (non-hydrogen) atoms. The number of rotatable bonds is 1. The van der Waals surface area contributed by atoms with Crippen LogP contribution in [0.5, 0.6) is 0 Å². The molecule has 1 aliphatic heterocycles. The monoisotopic (exact) mass is 258 g/mol. The molecule has 0 atom stereocenters. The van der Waals surface area contributed by atoms with Gasteiger partial charge in [-0.05, 0) is 36.7 Å². The Morgan fingerprint density at radius 2 is 2.06 bits per heavy atom. The Labute approximate surface area is 108 Å². The number of ketones is 1. The van der Waals surface area contributed by atoms with E-state index in [0.29, 0.717) is 16.3 Å². The van der Waals surface area contributed by atoms with Gasteiger partial charge in [0.05, 0.1) is 4.91 Å². The lowest BCUT2D eigenvalue weighted by Gasteiger charge is -2.00. The van der Waals surface area contributed by atoms with Crippen LogP contribution in [-0.2, 0) is 0 Å². The standard InChI is InChI=1S/C13H10N2O2S/c1-7(11-8(2)14-17-15-11)13-12(16)9-5-3-4-6-10(9)18-13/h3-6H,1-2H3/b13-7-. The summed E-state index contributed by atoms with van der Waals surface area (Å²) >= 11 is 1.48. The van der Waals surface area contributed by atoms with Gasteiger partial charge in [0.1, 0.15) is 11.4 Å². The molecule has 0 fully saturated rings. The van der Waals surface area contributed by atoms with Crippen LogP contribution in [0.1, 0.15) is 28.7 Å². The molecular weight excluding hydrogens is 248 g/mol. The Hall–Kier alpha value is -1.88. The number of benzene rings is 1. The number of carbonyl (C=O) groups excluding carboxylic acids is 1. The van der Waals surface area contributed by atoms with Crippen molar-refractivity contribution >= 4 is 23.1 Å². The largest absolute Gasteiger partial charge is 0.288 e. The third-order valence-electron chi connectivity index (χ3n) is 2.90. The van der Waals surface area contributed by atoms with E-state index in [4.69, 9.17) is 0 Å². The molecule has 0 amide bonds. The zero-order chi connectivity index (χ0) is 12.7. The second-order valence-electron chi connectivity index (χ2n) is 4.08. The molecule has 0 radical (unpaired) electrons. The third-order valence-corrected chi connectivity index (χ3v) is 4.17. The molecule has 2 aromatic rings. The molecule has 90 valence electrons. The smallest absolute Gasteiger partial charge is 0.201 e. The highest BCUT2D eigenvalue weighted by Crippen LogP contribution is 2.43. The summed E-state index contributed by atoms with van der Waals surface area (Å²) in [4.78, 5) is 14.0. The molecule has 1 aromatic heterocycles. The summed E-state index contributed by atoms with van der Waals surface area (Å²) in [5.74, 6) is 0.0514. The number of hydrogen-bond acceptors (Lipinski definition) is 5. The van der Waals surface area contributed by atoms with Crippen LogP contribution in [0.2, 0.25) is 0 Å². The van der Waals surface area contributed by atoms with Gasteiger partial charge in [0.25, 0.3) is 0 Å². The first-order valence-corrected chi connectivity index (χ1v) is 6.32. The number of aromatic nitrogens is 2. The van der Waals surface area contributed by atoms with Crippen molar-refractivity contribution < 1.29 is 9.42 Å². The summed E-state index contributed by atoms with van der Waals surface area (Å²) in [5.41, 5.74) is 2.92. The van der Waals surface area contributed by atoms with Crippen LogP contribution in [-0.4, -0.2) is 16.1 Å². The number of nitrogens with zero attached hydrogens (tertiary/aromatic N) is 2. The molecule has 1 aromatic carbocycles. The van der Waals surface area contributed by atoms with Gasteiger partial charge in [0, 0.05) is 10.5 Å². The highest BCUT2D eigenvalue weighted by molar-refractivity contribution is 8.05. The average molecular weight is 258 g/mol. The van der Waals surface area contributed by atoms with Crippen molar-refractivity contribution in [1.82, 2.24) is 10.3 Å². The van der Waals surface area contributed by atoms with E-state index < -0.39 is 0 Å². The van der Waals surface area contributed by atoms with Gasteiger partial charge >= 0.3 is 0 Å². The van der Waals surface area contributed by atoms with E-state index in [1.54, 1.807) is 0 Å². The maximum Gasteiger partial charge on any atom is 0.201 e. The lowest BCUT2D eigenvalue weighted by Crippen LogP contribution is -1.97. The molecule has 0 unspecified atom stereocenters. The molecule has 0 aliphatic carbocycles. The van der Waals surface area contributed by atoms with E-state index in [-0.39, 0.29) is 5.78 Å². The number of Topliss-reactive ketones (excluding diaryl/α,β-unsaturated/α-hetero) is 1. The normalized spacial score (nSPS) is 16.9. The van der Waals surface area contributed by atoms with Crippen LogP contribution in [0.15, 0.2) is 38.7 Å². The first kappa shape index (κ1) is 11.2. The zero-order valence-electron chi connectivity index (χ0n) is 9.93. The van der Waals surface area contributed by atoms with Crippen LogP contribution in [0, 0.1) is 6.92 Å². The number of fused-ring (bicyclic) bond motifs is 1. The SMILES string of the molecule is C/C(=C1/Sc2ccccc2C1=O)c1nonc1C. The molecule has 5 heteroatoms.